The van der Waals surface area contributed by atoms with Gasteiger partial charge in [0.2, 0.25) is 0 Å². The Morgan fingerprint density at radius 1 is 0.314 bits per heavy atom. The van der Waals surface area contributed by atoms with Gasteiger partial charge in [-0.3, -0.25) is 0 Å². The molecule has 3 heteroatoms. The molecule has 51 heavy (non-hydrogen) atoms. The van der Waals surface area contributed by atoms with Crippen molar-refractivity contribution in [3.05, 3.63) is 188 Å². The first-order chi connectivity index (χ1) is 25.3. The second-order valence-electron chi connectivity index (χ2n) is 12.9. The van der Waals surface area contributed by atoms with Gasteiger partial charge in [-0.1, -0.05) is 140 Å². The zero-order valence-electron chi connectivity index (χ0n) is 27.7. The van der Waals surface area contributed by atoms with E-state index in [4.69, 9.17) is 0 Å². The average Bonchev–Trinajstić information content (AvgIpc) is 3.77. The maximum Gasteiger partial charge on any atom is 0.0718 e. The van der Waals surface area contributed by atoms with Crippen molar-refractivity contribution in [3.8, 4) is 33.4 Å². The predicted octanol–water partition coefficient (Wildman–Crippen LogP) is 14.9. The number of fused-ring (bicyclic) bond motifs is 6. The Morgan fingerprint density at radius 3 is 1.49 bits per heavy atom. The van der Waals surface area contributed by atoms with Gasteiger partial charge >= 0.3 is 0 Å². The second-order valence-corrected chi connectivity index (χ2v) is 15.1. The summed E-state index contributed by atoms with van der Waals surface area (Å²) in [5, 5.41) is 5.15. The topological polar surface area (TPSA) is 3.24 Å². The maximum atomic E-state index is 2.53. The van der Waals surface area contributed by atoms with E-state index in [1.54, 1.807) is 0 Å². The van der Waals surface area contributed by atoms with Crippen LogP contribution >= 0.6 is 22.7 Å². The van der Waals surface area contributed by atoms with Crippen LogP contribution in [0.1, 0.15) is 0 Å². The van der Waals surface area contributed by atoms with Crippen molar-refractivity contribution >= 4 is 80.1 Å². The summed E-state index contributed by atoms with van der Waals surface area (Å²) in [5.74, 6) is 0. The number of hydrogen-bond donors (Lipinski definition) is 0. The van der Waals surface area contributed by atoms with Gasteiger partial charge in [-0.25, -0.2) is 0 Å². The maximum absolute atomic E-state index is 2.53. The Hall–Kier alpha value is -6.00. The molecule has 0 atom stereocenters. The van der Waals surface area contributed by atoms with Gasteiger partial charge < -0.3 is 4.90 Å². The van der Waals surface area contributed by atoms with Crippen LogP contribution in [0.25, 0.3) is 73.7 Å². The van der Waals surface area contributed by atoms with Gasteiger partial charge in [0, 0.05) is 52.6 Å². The van der Waals surface area contributed by atoms with Crippen LogP contribution in [0.2, 0.25) is 0 Å². The van der Waals surface area contributed by atoms with E-state index in [1.807, 2.05) is 22.7 Å². The fourth-order valence-corrected chi connectivity index (χ4v) is 9.77. The third kappa shape index (κ3) is 5.21. The van der Waals surface area contributed by atoms with Crippen molar-refractivity contribution in [1.82, 2.24) is 0 Å². The van der Waals surface area contributed by atoms with Gasteiger partial charge in [0.1, 0.15) is 0 Å². The molecule has 0 fully saturated rings. The summed E-state index contributed by atoms with van der Waals surface area (Å²) in [6.45, 7) is 0. The monoisotopic (exact) mass is 685 g/mol. The minimum Gasteiger partial charge on any atom is -0.308 e. The third-order valence-electron chi connectivity index (χ3n) is 9.84. The van der Waals surface area contributed by atoms with Gasteiger partial charge in [0.15, 0.2) is 0 Å². The lowest BCUT2D eigenvalue weighted by molar-refractivity contribution is 1.31. The summed E-state index contributed by atoms with van der Waals surface area (Å²) in [6, 6.07) is 68.8. The largest absolute Gasteiger partial charge is 0.308 e. The fourth-order valence-electron chi connectivity index (χ4n) is 7.44. The molecule has 0 aliphatic heterocycles. The number of anilines is 3. The molecular weight excluding hydrogens is 655 g/mol. The number of nitrogens with zero attached hydrogens (tertiary/aromatic N) is 1. The fraction of sp³-hybridized carbons (Fsp3) is 0. The first-order valence-corrected chi connectivity index (χ1v) is 18.9. The zero-order chi connectivity index (χ0) is 33.7. The molecule has 1 nitrogen and oxygen atoms in total. The molecule has 8 aromatic carbocycles. The lowest BCUT2D eigenvalue weighted by atomic mass is 9.96. The molecule has 0 radical (unpaired) electrons. The molecule has 0 saturated carbocycles. The van der Waals surface area contributed by atoms with Gasteiger partial charge in [-0.05, 0) is 76.3 Å². The molecule has 0 aliphatic rings. The predicted molar refractivity (Wildman–Crippen MR) is 223 cm³/mol. The molecule has 0 unspecified atom stereocenters. The van der Waals surface area contributed by atoms with Gasteiger partial charge in [0.25, 0.3) is 0 Å². The highest BCUT2D eigenvalue weighted by atomic mass is 32.1. The van der Waals surface area contributed by atoms with Gasteiger partial charge in [-0.2, -0.15) is 0 Å². The molecule has 0 saturated heterocycles. The van der Waals surface area contributed by atoms with Crippen LogP contribution in [-0.2, 0) is 0 Å². The highest BCUT2D eigenvalue weighted by molar-refractivity contribution is 7.26. The summed E-state index contributed by atoms with van der Waals surface area (Å²) >= 11 is 3.75. The summed E-state index contributed by atoms with van der Waals surface area (Å²) < 4.78 is 5.18. The molecule has 0 amide bonds. The Kier molecular flexibility index (Phi) is 7.26. The van der Waals surface area contributed by atoms with Crippen LogP contribution in [0.4, 0.5) is 17.1 Å². The van der Waals surface area contributed by atoms with E-state index in [0.717, 1.165) is 11.4 Å². The third-order valence-corrected chi connectivity index (χ3v) is 12.2. The van der Waals surface area contributed by atoms with Gasteiger partial charge in [0.05, 0.1) is 10.4 Å². The van der Waals surface area contributed by atoms with Crippen molar-refractivity contribution in [1.29, 1.82) is 0 Å². The summed E-state index contributed by atoms with van der Waals surface area (Å²) in [6.07, 6.45) is 0. The first-order valence-electron chi connectivity index (χ1n) is 17.3. The van der Waals surface area contributed by atoms with E-state index in [2.05, 4.69) is 193 Å². The average molecular weight is 686 g/mol. The number of thiophene rings is 2. The van der Waals surface area contributed by atoms with Gasteiger partial charge in [-0.15, -0.1) is 22.7 Å². The van der Waals surface area contributed by atoms with Crippen LogP contribution in [0.15, 0.2) is 188 Å². The Labute approximate surface area is 304 Å². The van der Waals surface area contributed by atoms with Crippen LogP contribution in [0, 0.1) is 0 Å². The van der Waals surface area contributed by atoms with E-state index in [9.17, 15) is 0 Å². The lowest BCUT2D eigenvalue weighted by Gasteiger charge is -2.30. The zero-order valence-corrected chi connectivity index (χ0v) is 29.3. The number of rotatable bonds is 6. The number of benzene rings is 8. The van der Waals surface area contributed by atoms with Crippen molar-refractivity contribution < 1.29 is 0 Å². The van der Waals surface area contributed by atoms with Crippen LogP contribution in [0.5, 0.6) is 0 Å². The molecule has 2 heterocycles. The standard InChI is InChI=1S/C48H31NS2/c1-4-14-32(15-5-1)35-28-36(33-16-6-2-7-17-33)30-38(29-35)49(37-24-27-46-43(31-37)41-21-11-12-22-44(41)50-46)47-39(34-18-8-3-9-19-34)25-26-42-40-20-10-13-23-45(40)51-48(42)47/h1-31H. The molecule has 0 aliphatic carbocycles. The smallest absolute Gasteiger partial charge is 0.0718 e. The number of hydrogen-bond acceptors (Lipinski definition) is 3. The molecule has 0 spiro atoms. The summed E-state index contributed by atoms with van der Waals surface area (Å²) in [4.78, 5) is 2.53. The van der Waals surface area contributed by atoms with E-state index >= 15 is 0 Å². The molecule has 10 rings (SSSR count). The van der Waals surface area contributed by atoms with Crippen LogP contribution in [-0.4, -0.2) is 0 Å². The molecule has 0 bridgehead atoms. The lowest BCUT2D eigenvalue weighted by Crippen LogP contribution is -2.12. The second kappa shape index (κ2) is 12.4. The van der Waals surface area contributed by atoms with Crippen LogP contribution < -0.4 is 4.90 Å². The molecular formula is C48H31NS2. The summed E-state index contributed by atoms with van der Waals surface area (Å²) in [7, 11) is 0. The van der Waals surface area contributed by atoms with Crippen LogP contribution in [0.3, 0.4) is 0 Å². The Balaban J connectivity index is 1.34. The molecule has 2 aromatic heterocycles. The van der Waals surface area contributed by atoms with E-state index in [1.165, 1.54) is 79.4 Å². The van der Waals surface area contributed by atoms with E-state index in [-0.39, 0.29) is 0 Å². The quantitative estimate of drug-likeness (QED) is 0.168. The normalized spacial score (nSPS) is 11.5. The molecule has 10 aromatic rings. The van der Waals surface area contributed by atoms with E-state index in [0.29, 0.717) is 0 Å². The molecule has 0 N–H and O–H groups in total. The highest BCUT2D eigenvalue weighted by Gasteiger charge is 2.24. The van der Waals surface area contributed by atoms with E-state index < -0.39 is 0 Å². The van der Waals surface area contributed by atoms with Crippen molar-refractivity contribution in [2.45, 2.75) is 0 Å². The minimum absolute atomic E-state index is 1.12. The Bertz CT molecular complexity index is 2790. The minimum atomic E-state index is 1.12. The van der Waals surface area contributed by atoms with Crippen molar-refractivity contribution in [2.75, 3.05) is 4.90 Å². The SMILES string of the molecule is c1ccc(-c2cc(-c3ccccc3)cc(N(c3ccc4sc5ccccc5c4c3)c3c(-c4ccccc4)ccc4c3sc3ccccc34)c2)cc1. The highest BCUT2D eigenvalue weighted by Crippen LogP contribution is 2.51. The Morgan fingerprint density at radius 2 is 0.843 bits per heavy atom. The first kappa shape index (κ1) is 29.9. The van der Waals surface area contributed by atoms with Crippen molar-refractivity contribution in [2.24, 2.45) is 0 Å². The molecule has 240 valence electrons. The van der Waals surface area contributed by atoms with Crippen molar-refractivity contribution in [3.63, 3.8) is 0 Å². The summed E-state index contributed by atoms with van der Waals surface area (Å²) in [5.41, 5.74) is 10.6.